The Morgan fingerprint density at radius 3 is 2.40 bits per heavy atom. The van der Waals surface area contributed by atoms with Crippen molar-refractivity contribution in [3.8, 4) is 17.2 Å². The number of ether oxygens (including phenoxy) is 2. The molecule has 5 rings (SSSR count). The zero-order valence-electron chi connectivity index (χ0n) is 27.9. The summed E-state index contributed by atoms with van der Waals surface area (Å²) in [4.78, 5) is 30.6. The third-order valence-corrected chi connectivity index (χ3v) is 8.54. The summed E-state index contributed by atoms with van der Waals surface area (Å²) in [6.07, 6.45) is -5.75. The van der Waals surface area contributed by atoms with Gasteiger partial charge in [-0.25, -0.2) is 4.39 Å². The second-order valence-corrected chi connectivity index (χ2v) is 12.6. The average Bonchev–Trinajstić information content (AvgIpc) is 3.08. The summed E-state index contributed by atoms with van der Waals surface area (Å²) in [5, 5.41) is 12.7. The molecule has 1 aliphatic heterocycles. The topological polar surface area (TPSA) is 91.3 Å². The zero-order valence-corrected chi connectivity index (χ0v) is 27.9. The number of rotatable bonds is 11. The monoisotopic (exact) mass is 693 g/mol. The van der Waals surface area contributed by atoms with Crippen molar-refractivity contribution in [2.45, 2.75) is 45.1 Å². The lowest BCUT2D eigenvalue weighted by atomic mass is 9.98. The van der Waals surface area contributed by atoms with E-state index in [9.17, 15) is 32.3 Å². The van der Waals surface area contributed by atoms with Crippen molar-refractivity contribution in [3.63, 3.8) is 0 Å². The molecule has 0 fully saturated rings. The molecule has 0 spiro atoms. The summed E-state index contributed by atoms with van der Waals surface area (Å²) in [5.74, 6) is -0.932. The van der Waals surface area contributed by atoms with Gasteiger partial charge in [0.25, 0.3) is 5.91 Å². The van der Waals surface area contributed by atoms with Crippen LogP contribution in [0.2, 0.25) is 0 Å². The van der Waals surface area contributed by atoms with E-state index in [0.29, 0.717) is 31.5 Å². The summed E-state index contributed by atoms with van der Waals surface area (Å²) in [7, 11) is 1.94. The minimum absolute atomic E-state index is 0.112. The van der Waals surface area contributed by atoms with Crippen molar-refractivity contribution in [2.24, 2.45) is 5.92 Å². The van der Waals surface area contributed by atoms with Crippen molar-refractivity contribution in [2.75, 3.05) is 32.1 Å². The molecule has 50 heavy (non-hydrogen) atoms. The highest BCUT2D eigenvalue weighted by Gasteiger charge is 2.35. The lowest BCUT2D eigenvalue weighted by Crippen LogP contribution is -2.49. The minimum Gasteiger partial charge on any atom is -0.486 e. The first-order valence-corrected chi connectivity index (χ1v) is 16.2. The van der Waals surface area contributed by atoms with Crippen molar-refractivity contribution < 1.29 is 41.7 Å². The van der Waals surface area contributed by atoms with Gasteiger partial charge in [-0.15, -0.1) is 0 Å². The molecule has 264 valence electrons. The number of hydrogen-bond donors (Lipinski definition) is 2. The Balaban J connectivity index is 1.35. The summed E-state index contributed by atoms with van der Waals surface area (Å²) >= 11 is 0. The predicted octanol–water partition coefficient (Wildman–Crippen LogP) is 7.17. The summed E-state index contributed by atoms with van der Waals surface area (Å²) in [6, 6.07) is 23.4. The number of benzene rings is 4. The molecule has 1 aliphatic rings. The molecule has 4 aromatic rings. The largest absolute Gasteiger partial charge is 0.486 e. The number of anilines is 1. The van der Waals surface area contributed by atoms with Gasteiger partial charge in [0.2, 0.25) is 5.91 Å². The van der Waals surface area contributed by atoms with Gasteiger partial charge in [-0.3, -0.25) is 14.5 Å². The fourth-order valence-corrected chi connectivity index (χ4v) is 5.77. The Morgan fingerprint density at radius 1 is 1.04 bits per heavy atom. The van der Waals surface area contributed by atoms with Crippen molar-refractivity contribution in [1.82, 2.24) is 9.80 Å². The number of carbonyl (C=O) groups is 2. The number of para-hydroxylation sites is 2. The van der Waals surface area contributed by atoms with Crippen LogP contribution in [-0.4, -0.2) is 65.6 Å². The van der Waals surface area contributed by atoms with E-state index < -0.39 is 47.9 Å². The Hall–Kier alpha value is -4.94. The van der Waals surface area contributed by atoms with E-state index in [2.05, 4.69) is 10.2 Å². The zero-order chi connectivity index (χ0) is 36.0. The number of nitrogens with zero attached hydrogens (tertiary/aromatic N) is 2. The smallest absolute Gasteiger partial charge is 0.416 e. The number of hydrogen-bond acceptors (Lipinski definition) is 6. The molecule has 0 radical (unpaired) electrons. The van der Waals surface area contributed by atoms with Crippen LogP contribution in [0.3, 0.4) is 0 Å². The molecule has 0 saturated heterocycles. The lowest BCUT2D eigenvalue weighted by molar-refractivity contribution is -0.137. The van der Waals surface area contributed by atoms with Crippen LogP contribution in [-0.2, 0) is 23.9 Å². The molecule has 0 bridgehead atoms. The molecule has 4 aromatic carbocycles. The Bertz CT molecular complexity index is 1790. The van der Waals surface area contributed by atoms with Crippen LogP contribution in [0.15, 0.2) is 91.0 Å². The molecule has 0 unspecified atom stereocenters. The SMILES string of the molecule is C[C@@H]1CN([C@@H](C)CO)C(=O)c2cccc(NC(=O)Cc3ccc(C(F)(F)F)cc3F)c2O[C@@H]1CN(C)Cc1ccc(Oc2ccccc2)cc1. The standard InChI is InChI=1S/C38H39F4N3O5/c1-24-20-45(25(2)23-46)37(48)31-10-7-11-33(43-35(47)18-27-14-15-28(19-32(27)39)38(40,41)42)36(31)50-34(24)22-44(3)21-26-12-16-30(17-13-26)49-29-8-5-4-6-9-29/h4-17,19,24-25,34,46H,18,20-23H2,1-3H3,(H,43,47)/t24-,25+,34-/m1/s1. The number of amides is 2. The quantitative estimate of drug-likeness (QED) is 0.162. The fourth-order valence-electron chi connectivity index (χ4n) is 5.77. The van der Waals surface area contributed by atoms with Crippen LogP contribution in [0.5, 0.6) is 17.2 Å². The van der Waals surface area contributed by atoms with E-state index in [0.717, 1.165) is 23.4 Å². The van der Waals surface area contributed by atoms with Gasteiger partial charge in [-0.1, -0.05) is 49.4 Å². The van der Waals surface area contributed by atoms with Gasteiger partial charge in [0.05, 0.1) is 35.9 Å². The molecule has 2 amide bonds. The highest BCUT2D eigenvalue weighted by molar-refractivity contribution is 6.02. The molecule has 0 aromatic heterocycles. The second-order valence-electron chi connectivity index (χ2n) is 12.6. The molecule has 2 N–H and O–H groups in total. The number of aliphatic hydroxyl groups is 1. The van der Waals surface area contributed by atoms with Gasteiger partial charge in [0.1, 0.15) is 23.4 Å². The normalized spacial score (nSPS) is 17.0. The molecule has 1 heterocycles. The summed E-state index contributed by atoms with van der Waals surface area (Å²) < 4.78 is 66.1. The molecular formula is C38H39F4N3O5. The van der Waals surface area contributed by atoms with Crippen LogP contribution in [0, 0.1) is 11.7 Å². The van der Waals surface area contributed by atoms with Crippen molar-refractivity contribution >= 4 is 17.5 Å². The van der Waals surface area contributed by atoms with Crippen LogP contribution in [0.4, 0.5) is 23.2 Å². The number of nitrogens with one attached hydrogen (secondary N) is 1. The van der Waals surface area contributed by atoms with E-state index >= 15 is 0 Å². The molecule has 0 saturated carbocycles. The van der Waals surface area contributed by atoms with Crippen LogP contribution in [0.1, 0.15) is 40.9 Å². The third kappa shape index (κ3) is 8.99. The number of carbonyl (C=O) groups excluding carboxylic acids is 2. The maximum Gasteiger partial charge on any atom is 0.416 e. The van der Waals surface area contributed by atoms with E-state index in [-0.39, 0.29) is 35.1 Å². The van der Waals surface area contributed by atoms with E-state index in [1.807, 2.05) is 68.6 Å². The van der Waals surface area contributed by atoms with E-state index in [1.54, 1.807) is 30.0 Å². The maximum absolute atomic E-state index is 14.5. The number of halogens is 4. The van der Waals surface area contributed by atoms with Crippen LogP contribution in [0.25, 0.3) is 0 Å². The first-order chi connectivity index (χ1) is 23.8. The number of aliphatic hydroxyl groups excluding tert-OH is 1. The average molecular weight is 694 g/mol. The minimum atomic E-state index is -4.73. The molecule has 8 nitrogen and oxygen atoms in total. The molecule has 0 aliphatic carbocycles. The van der Waals surface area contributed by atoms with Crippen molar-refractivity contribution in [1.29, 1.82) is 0 Å². The van der Waals surface area contributed by atoms with Crippen LogP contribution >= 0.6 is 0 Å². The number of likely N-dealkylation sites (N-methyl/N-ethyl adjacent to an activating group) is 1. The third-order valence-electron chi connectivity index (χ3n) is 8.54. The number of alkyl halides is 3. The van der Waals surface area contributed by atoms with Crippen molar-refractivity contribution in [3.05, 3.63) is 119 Å². The lowest BCUT2D eigenvalue weighted by Gasteiger charge is -2.38. The molecule has 3 atom stereocenters. The van der Waals surface area contributed by atoms with E-state index in [4.69, 9.17) is 9.47 Å². The van der Waals surface area contributed by atoms with Gasteiger partial charge < -0.3 is 24.8 Å². The Morgan fingerprint density at radius 2 is 1.74 bits per heavy atom. The Labute approximate surface area is 288 Å². The number of fused-ring (bicyclic) bond motifs is 1. The van der Waals surface area contributed by atoms with Gasteiger partial charge in [-0.05, 0) is 73.6 Å². The summed E-state index contributed by atoms with van der Waals surface area (Å²) in [5.41, 5.74) is -0.0303. The second kappa shape index (κ2) is 15.7. The first-order valence-electron chi connectivity index (χ1n) is 16.2. The predicted molar refractivity (Wildman–Crippen MR) is 181 cm³/mol. The summed E-state index contributed by atoms with van der Waals surface area (Å²) in [6.45, 7) is 4.71. The maximum atomic E-state index is 14.5. The highest BCUT2D eigenvalue weighted by Crippen LogP contribution is 2.36. The fraction of sp³-hybridized carbons (Fsp3) is 0.316. The highest BCUT2D eigenvalue weighted by atomic mass is 19.4. The van der Waals surface area contributed by atoms with Gasteiger partial charge in [0, 0.05) is 25.6 Å². The first kappa shape index (κ1) is 36.3. The van der Waals surface area contributed by atoms with E-state index in [1.165, 1.54) is 0 Å². The van der Waals surface area contributed by atoms with Gasteiger partial charge >= 0.3 is 6.18 Å². The molecular weight excluding hydrogens is 654 g/mol. The van der Waals surface area contributed by atoms with Gasteiger partial charge in [0.15, 0.2) is 5.75 Å². The Kier molecular flexibility index (Phi) is 11.4. The van der Waals surface area contributed by atoms with Gasteiger partial charge in [-0.2, -0.15) is 13.2 Å². The van der Waals surface area contributed by atoms with Crippen LogP contribution < -0.4 is 14.8 Å². The molecule has 12 heteroatoms.